The molecule has 154 valence electrons. The fourth-order valence-corrected chi connectivity index (χ4v) is 2.77. The van der Waals surface area contributed by atoms with Crippen LogP contribution in [0.5, 0.6) is 11.8 Å². The predicted octanol–water partition coefficient (Wildman–Crippen LogP) is 3.84. The molecule has 3 N–H and O–H groups in total. The van der Waals surface area contributed by atoms with Crippen LogP contribution < -0.4 is 20.5 Å². The molecule has 29 heavy (non-hydrogen) atoms. The van der Waals surface area contributed by atoms with E-state index in [1.165, 1.54) is 18.7 Å². The first-order chi connectivity index (χ1) is 13.6. The lowest BCUT2D eigenvalue weighted by molar-refractivity contribution is 0.381. The Balaban J connectivity index is 0.00000300. The molecule has 0 bridgehead atoms. The Bertz CT molecular complexity index is 938. The summed E-state index contributed by atoms with van der Waals surface area (Å²) in [6.45, 7) is 0.804. The summed E-state index contributed by atoms with van der Waals surface area (Å²) in [4.78, 5) is 8.69. The Morgan fingerprint density at radius 2 is 1.76 bits per heavy atom. The van der Waals surface area contributed by atoms with Crippen molar-refractivity contribution in [2.75, 3.05) is 26.1 Å². The van der Waals surface area contributed by atoms with Crippen LogP contribution in [0, 0.1) is 5.82 Å². The van der Waals surface area contributed by atoms with Gasteiger partial charge in [-0.1, -0.05) is 12.1 Å². The monoisotopic (exact) mass is 418 g/mol. The number of aromatic nitrogens is 2. The van der Waals surface area contributed by atoms with Crippen molar-refractivity contribution in [1.29, 1.82) is 0 Å². The number of nitrogens with one attached hydrogen (secondary N) is 1. The van der Waals surface area contributed by atoms with Gasteiger partial charge in [0.15, 0.2) is 0 Å². The largest absolute Gasteiger partial charge is 0.497 e. The van der Waals surface area contributed by atoms with Crippen molar-refractivity contribution in [2.24, 2.45) is 5.73 Å². The minimum absolute atomic E-state index is 0. The van der Waals surface area contributed by atoms with Crippen LogP contribution in [0.3, 0.4) is 0 Å². The number of hydrogen-bond donors (Lipinski definition) is 2. The molecular weight excluding hydrogens is 395 g/mol. The number of benzene rings is 2. The number of nitrogens with two attached hydrogens (primary N) is 1. The van der Waals surface area contributed by atoms with Crippen molar-refractivity contribution in [3.63, 3.8) is 0 Å². The maximum Gasteiger partial charge on any atom is 0.318 e. The highest BCUT2D eigenvalue weighted by atomic mass is 35.5. The van der Waals surface area contributed by atoms with E-state index in [-0.39, 0.29) is 30.8 Å². The first kappa shape index (κ1) is 22.4. The minimum atomic E-state index is -0.329. The second-order valence-electron chi connectivity index (χ2n) is 6.16. The summed E-state index contributed by atoms with van der Waals surface area (Å²) in [5.74, 6) is 1.14. The molecule has 0 radical (unpaired) electrons. The minimum Gasteiger partial charge on any atom is -0.497 e. The zero-order chi connectivity index (χ0) is 19.9. The summed E-state index contributed by atoms with van der Waals surface area (Å²) in [6.07, 6.45) is 0.819. The lowest BCUT2D eigenvalue weighted by Gasteiger charge is -2.11. The van der Waals surface area contributed by atoms with E-state index in [1.54, 1.807) is 19.2 Å². The van der Waals surface area contributed by atoms with Gasteiger partial charge < -0.3 is 20.5 Å². The standard InChI is InChI=1S/C21H23FN4O2.ClH/c1-27-17-6-3-14(4-7-17)9-10-24-20-12-19(25-21(26-20)28-2)15-5-8-18(22)16(11-15)13-23;/h3-8,11-12H,9-10,13,23H2,1-2H3,(H,24,25,26);1H. The molecular formula is C21H24ClFN4O2. The molecule has 6 nitrogen and oxygen atoms in total. The number of nitrogens with zero attached hydrogens (tertiary/aromatic N) is 2. The molecule has 0 saturated heterocycles. The van der Waals surface area contributed by atoms with Crippen LogP contribution in [0.15, 0.2) is 48.5 Å². The van der Waals surface area contributed by atoms with Crippen molar-refractivity contribution in [2.45, 2.75) is 13.0 Å². The highest BCUT2D eigenvalue weighted by Gasteiger charge is 2.10. The molecule has 8 heteroatoms. The molecule has 0 unspecified atom stereocenters. The lowest BCUT2D eigenvalue weighted by Crippen LogP contribution is -2.08. The van der Waals surface area contributed by atoms with E-state index in [1.807, 2.05) is 30.3 Å². The number of methoxy groups -OCH3 is 2. The van der Waals surface area contributed by atoms with Gasteiger partial charge in [0.05, 0.1) is 19.9 Å². The molecule has 0 aliphatic carbocycles. The van der Waals surface area contributed by atoms with Gasteiger partial charge in [-0.2, -0.15) is 9.97 Å². The van der Waals surface area contributed by atoms with Gasteiger partial charge in [-0.05, 0) is 42.3 Å². The lowest BCUT2D eigenvalue weighted by atomic mass is 10.1. The maximum absolute atomic E-state index is 13.7. The summed E-state index contributed by atoms with van der Waals surface area (Å²) in [5, 5.41) is 3.29. The second kappa shape index (κ2) is 10.6. The molecule has 0 aliphatic heterocycles. The third kappa shape index (κ3) is 5.79. The average Bonchev–Trinajstić information content (AvgIpc) is 2.74. The van der Waals surface area contributed by atoms with Gasteiger partial charge in [0, 0.05) is 30.3 Å². The van der Waals surface area contributed by atoms with Crippen molar-refractivity contribution in [3.8, 4) is 23.0 Å². The van der Waals surface area contributed by atoms with E-state index in [9.17, 15) is 4.39 Å². The first-order valence-electron chi connectivity index (χ1n) is 8.91. The van der Waals surface area contributed by atoms with Gasteiger partial charge in [0.2, 0.25) is 0 Å². The van der Waals surface area contributed by atoms with Gasteiger partial charge in [0.1, 0.15) is 17.4 Å². The van der Waals surface area contributed by atoms with Gasteiger partial charge in [-0.15, -0.1) is 12.4 Å². The fourth-order valence-electron chi connectivity index (χ4n) is 2.77. The topological polar surface area (TPSA) is 82.3 Å². The zero-order valence-corrected chi connectivity index (χ0v) is 17.1. The highest BCUT2D eigenvalue weighted by molar-refractivity contribution is 5.85. The molecule has 0 spiro atoms. The predicted molar refractivity (Wildman–Crippen MR) is 114 cm³/mol. The smallest absolute Gasteiger partial charge is 0.318 e. The van der Waals surface area contributed by atoms with Gasteiger partial charge in [-0.25, -0.2) is 4.39 Å². The second-order valence-corrected chi connectivity index (χ2v) is 6.16. The Morgan fingerprint density at radius 3 is 2.41 bits per heavy atom. The fraction of sp³-hybridized carbons (Fsp3) is 0.238. The third-order valence-electron chi connectivity index (χ3n) is 4.33. The Kier molecular flexibility index (Phi) is 8.18. The normalized spacial score (nSPS) is 10.2. The van der Waals surface area contributed by atoms with Crippen LogP contribution in [0.4, 0.5) is 10.2 Å². The SMILES string of the molecule is COc1ccc(CCNc2cc(-c3ccc(F)c(CN)c3)nc(OC)n2)cc1.Cl. The molecule has 2 aromatic carbocycles. The third-order valence-corrected chi connectivity index (χ3v) is 4.33. The molecule has 1 heterocycles. The Morgan fingerprint density at radius 1 is 1.00 bits per heavy atom. The van der Waals surface area contributed by atoms with Gasteiger partial charge in [-0.3, -0.25) is 0 Å². The molecule has 0 aliphatic rings. The first-order valence-corrected chi connectivity index (χ1v) is 8.91. The molecule has 0 saturated carbocycles. The summed E-state index contributed by atoms with van der Waals surface area (Å²) in [7, 11) is 3.16. The van der Waals surface area contributed by atoms with Crippen LogP contribution in [-0.4, -0.2) is 30.7 Å². The van der Waals surface area contributed by atoms with Crippen molar-refractivity contribution < 1.29 is 13.9 Å². The summed E-state index contributed by atoms with van der Waals surface area (Å²) >= 11 is 0. The van der Waals surface area contributed by atoms with E-state index in [4.69, 9.17) is 15.2 Å². The zero-order valence-electron chi connectivity index (χ0n) is 16.3. The number of halogens is 2. The number of ether oxygens (including phenoxy) is 2. The molecule has 0 amide bonds. The number of anilines is 1. The van der Waals surface area contributed by atoms with Gasteiger partial charge >= 0.3 is 6.01 Å². The van der Waals surface area contributed by atoms with Crippen molar-refractivity contribution >= 4 is 18.2 Å². The maximum atomic E-state index is 13.7. The highest BCUT2D eigenvalue weighted by Crippen LogP contribution is 2.24. The summed E-state index contributed by atoms with van der Waals surface area (Å²) in [6, 6.07) is 14.7. The van der Waals surface area contributed by atoms with Crippen LogP contribution in [0.1, 0.15) is 11.1 Å². The number of hydrogen-bond acceptors (Lipinski definition) is 6. The Labute approximate surface area is 175 Å². The Hall–Kier alpha value is -2.90. The van der Waals surface area contributed by atoms with Crippen molar-refractivity contribution in [1.82, 2.24) is 9.97 Å². The van der Waals surface area contributed by atoms with Crippen LogP contribution in [0.2, 0.25) is 0 Å². The van der Waals surface area contributed by atoms with E-state index >= 15 is 0 Å². The number of rotatable bonds is 8. The van der Waals surface area contributed by atoms with E-state index in [0.717, 1.165) is 17.7 Å². The summed E-state index contributed by atoms with van der Waals surface area (Å²) in [5.41, 5.74) is 8.60. The van der Waals surface area contributed by atoms with Crippen LogP contribution in [-0.2, 0) is 13.0 Å². The van der Waals surface area contributed by atoms with E-state index in [0.29, 0.717) is 23.6 Å². The average molecular weight is 419 g/mol. The molecule has 0 fully saturated rings. The molecule has 0 atom stereocenters. The van der Waals surface area contributed by atoms with Crippen molar-refractivity contribution in [3.05, 3.63) is 65.5 Å². The van der Waals surface area contributed by atoms with Crippen LogP contribution >= 0.6 is 12.4 Å². The van der Waals surface area contributed by atoms with Gasteiger partial charge in [0.25, 0.3) is 0 Å². The molecule has 3 aromatic rings. The molecule has 3 rings (SSSR count). The van der Waals surface area contributed by atoms with Crippen LogP contribution in [0.25, 0.3) is 11.3 Å². The van der Waals surface area contributed by atoms with E-state index in [2.05, 4.69) is 15.3 Å². The van der Waals surface area contributed by atoms with E-state index < -0.39 is 0 Å². The quantitative estimate of drug-likeness (QED) is 0.578. The summed E-state index contributed by atoms with van der Waals surface area (Å²) < 4.78 is 24.1. The molecule has 1 aromatic heterocycles.